The Bertz CT molecular complexity index is 473. The molecule has 0 bridgehead atoms. The maximum atomic E-state index is 11.2. The summed E-state index contributed by atoms with van der Waals surface area (Å²) in [6.07, 6.45) is 7.37. The third-order valence-electron chi connectivity index (χ3n) is 5.30. The van der Waals surface area contributed by atoms with Gasteiger partial charge in [-0.05, 0) is 63.1 Å². The number of carbonyl (C=O) groups excluding carboxylic acids is 1. The lowest BCUT2D eigenvalue weighted by molar-refractivity contribution is -0.119. The molecule has 1 aromatic rings. The first-order chi connectivity index (χ1) is 10.7. The number of hydrogen-bond acceptors (Lipinski definition) is 2. The minimum absolute atomic E-state index is 0.114. The van der Waals surface area contributed by atoms with E-state index >= 15 is 0 Å². The van der Waals surface area contributed by atoms with E-state index in [2.05, 4.69) is 40.5 Å². The summed E-state index contributed by atoms with van der Waals surface area (Å²) in [5.74, 6) is 0.841. The minimum atomic E-state index is 0.114. The van der Waals surface area contributed by atoms with Gasteiger partial charge in [-0.25, -0.2) is 0 Å². The average molecular weight is 300 g/mol. The Morgan fingerprint density at radius 3 is 2.32 bits per heavy atom. The van der Waals surface area contributed by atoms with Gasteiger partial charge in [0.25, 0.3) is 0 Å². The van der Waals surface area contributed by atoms with Gasteiger partial charge >= 0.3 is 0 Å². The maximum absolute atomic E-state index is 11.2. The van der Waals surface area contributed by atoms with E-state index in [4.69, 9.17) is 0 Å². The van der Waals surface area contributed by atoms with E-state index in [0.29, 0.717) is 12.1 Å². The summed E-state index contributed by atoms with van der Waals surface area (Å²) in [5, 5.41) is 3.10. The Morgan fingerprint density at radius 2 is 1.73 bits per heavy atom. The van der Waals surface area contributed by atoms with Gasteiger partial charge in [0.05, 0.1) is 0 Å². The van der Waals surface area contributed by atoms with Crippen LogP contribution in [0.15, 0.2) is 30.3 Å². The summed E-state index contributed by atoms with van der Waals surface area (Å²) >= 11 is 0. The van der Waals surface area contributed by atoms with Crippen LogP contribution >= 0.6 is 0 Å². The van der Waals surface area contributed by atoms with Crippen LogP contribution in [-0.2, 0) is 4.79 Å². The SMILES string of the molecule is CC(=O)NC1CCC(C(c2ccccc2)N2CCCC2)CC1. The Kier molecular flexibility index (Phi) is 5.14. The Hall–Kier alpha value is -1.35. The summed E-state index contributed by atoms with van der Waals surface area (Å²) in [6.45, 7) is 4.11. The standard InChI is InChI=1S/C19H28N2O/c1-15(22)20-18-11-9-17(10-12-18)19(21-13-5-6-14-21)16-7-3-2-4-8-16/h2-4,7-8,17-19H,5-6,9-14H2,1H3,(H,20,22). The monoisotopic (exact) mass is 300 g/mol. The largest absolute Gasteiger partial charge is 0.354 e. The summed E-state index contributed by atoms with van der Waals surface area (Å²) in [7, 11) is 0. The molecule has 0 radical (unpaired) electrons. The van der Waals surface area contributed by atoms with Crippen LogP contribution in [0.25, 0.3) is 0 Å². The Balaban J connectivity index is 1.69. The van der Waals surface area contributed by atoms with Gasteiger partial charge in [-0.15, -0.1) is 0 Å². The van der Waals surface area contributed by atoms with E-state index in [9.17, 15) is 4.79 Å². The number of nitrogens with zero attached hydrogens (tertiary/aromatic N) is 1. The second-order valence-electron chi connectivity index (χ2n) is 6.91. The number of hydrogen-bond donors (Lipinski definition) is 1. The second kappa shape index (κ2) is 7.28. The Morgan fingerprint density at radius 1 is 1.09 bits per heavy atom. The number of amides is 1. The molecule has 1 atom stereocenters. The van der Waals surface area contributed by atoms with Crippen LogP contribution in [0.5, 0.6) is 0 Å². The fourth-order valence-electron chi connectivity index (χ4n) is 4.32. The highest BCUT2D eigenvalue weighted by Crippen LogP contribution is 2.39. The molecular weight excluding hydrogens is 272 g/mol. The third-order valence-corrected chi connectivity index (χ3v) is 5.30. The molecule has 2 fully saturated rings. The van der Waals surface area contributed by atoms with E-state index in [1.165, 1.54) is 44.3 Å². The van der Waals surface area contributed by atoms with Crippen LogP contribution in [0, 0.1) is 5.92 Å². The van der Waals surface area contributed by atoms with Crippen molar-refractivity contribution in [3.05, 3.63) is 35.9 Å². The molecule has 1 amide bonds. The van der Waals surface area contributed by atoms with Gasteiger partial charge in [0, 0.05) is 19.0 Å². The first kappa shape index (κ1) is 15.5. The van der Waals surface area contributed by atoms with E-state index in [1.54, 1.807) is 6.92 Å². The van der Waals surface area contributed by atoms with Gasteiger partial charge in [-0.3, -0.25) is 9.69 Å². The second-order valence-corrected chi connectivity index (χ2v) is 6.91. The van der Waals surface area contributed by atoms with Crippen molar-refractivity contribution in [3.63, 3.8) is 0 Å². The molecule has 1 N–H and O–H groups in total. The summed E-state index contributed by atoms with van der Waals surface area (Å²) in [5.41, 5.74) is 1.48. The molecule has 3 heteroatoms. The smallest absolute Gasteiger partial charge is 0.217 e. The predicted octanol–water partition coefficient (Wildman–Crippen LogP) is 3.52. The van der Waals surface area contributed by atoms with Crippen molar-refractivity contribution in [2.75, 3.05) is 13.1 Å². The highest BCUT2D eigenvalue weighted by atomic mass is 16.1. The molecule has 120 valence electrons. The van der Waals surface area contributed by atoms with Gasteiger partial charge in [-0.2, -0.15) is 0 Å². The lowest BCUT2D eigenvalue weighted by Crippen LogP contribution is -2.39. The lowest BCUT2D eigenvalue weighted by Gasteiger charge is -2.39. The molecule has 22 heavy (non-hydrogen) atoms. The predicted molar refractivity (Wildman–Crippen MR) is 89.6 cm³/mol. The van der Waals surface area contributed by atoms with Gasteiger partial charge in [0.15, 0.2) is 0 Å². The highest BCUT2D eigenvalue weighted by molar-refractivity contribution is 5.73. The van der Waals surface area contributed by atoms with E-state index < -0.39 is 0 Å². The number of benzene rings is 1. The summed E-state index contributed by atoms with van der Waals surface area (Å²) in [6, 6.07) is 12.0. The van der Waals surface area contributed by atoms with Crippen molar-refractivity contribution >= 4 is 5.91 Å². The molecule has 3 nitrogen and oxygen atoms in total. The van der Waals surface area contributed by atoms with Gasteiger partial charge < -0.3 is 5.32 Å². The van der Waals surface area contributed by atoms with Crippen LogP contribution < -0.4 is 5.32 Å². The third kappa shape index (κ3) is 3.70. The molecule has 3 rings (SSSR count). The molecule has 1 heterocycles. The quantitative estimate of drug-likeness (QED) is 0.923. The number of carbonyl (C=O) groups is 1. The fraction of sp³-hybridized carbons (Fsp3) is 0.632. The zero-order valence-corrected chi connectivity index (χ0v) is 13.6. The van der Waals surface area contributed by atoms with Crippen LogP contribution in [0.2, 0.25) is 0 Å². The summed E-state index contributed by atoms with van der Waals surface area (Å²) in [4.78, 5) is 13.9. The van der Waals surface area contributed by atoms with E-state index in [1.807, 2.05) is 0 Å². The molecule has 1 unspecified atom stereocenters. The molecule has 1 aliphatic heterocycles. The molecule has 2 aliphatic rings. The molecule has 1 aromatic carbocycles. The zero-order chi connectivity index (χ0) is 15.4. The van der Waals surface area contributed by atoms with Crippen molar-refractivity contribution in [2.45, 2.75) is 57.5 Å². The van der Waals surface area contributed by atoms with Crippen LogP contribution in [-0.4, -0.2) is 29.9 Å². The van der Waals surface area contributed by atoms with Crippen molar-refractivity contribution in [1.82, 2.24) is 10.2 Å². The first-order valence-corrected chi connectivity index (χ1v) is 8.80. The van der Waals surface area contributed by atoms with Crippen LogP contribution in [0.3, 0.4) is 0 Å². The number of nitrogens with one attached hydrogen (secondary N) is 1. The van der Waals surface area contributed by atoms with E-state index in [-0.39, 0.29) is 5.91 Å². The average Bonchev–Trinajstić information content (AvgIpc) is 3.04. The normalized spacial score (nSPS) is 27.5. The van der Waals surface area contributed by atoms with Gasteiger partial charge in [0.1, 0.15) is 0 Å². The maximum Gasteiger partial charge on any atom is 0.217 e. The summed E-state index contributed by atoms with van der Waals surface area (Å²) < 4.78 is 0. The zero-order valence-electron chi connectivity index (χ0n) is 13.6. The fourth-order valence-corrected chi connectivity index (χ4v) is 4.32. The molecule has 0 aromatic heterocycles. The molecule has 0 spiro atoms. The molecule has 1 saturated heterocycles. The molecule has 1 saturated carbocycles. The van der Waals surface area contributed by atoms with Gasteiger partial charge in [0.2, 0.25) is 5.91 Å². The Labute approximate surface area is 134 Å². The van der Waals surface area contributed by atoms with Crippen molar-refractivity contribution < 1.29 is 4.79 Å². The van der Waals surface area contributed by atoms with E-state index in [0.717, 1.165) is 18.8 Å². The number of likely N-dealkylation sites (tertiary alicyclic amines) is 1. The first-order valence-electron chi connectivity index (χ1n) is 8.80. The van der Waals surface area contributed by atoms with Gasteiger partial charge in [-0.1, -0.05) is 30.3 Å². The minimum Gasteiger partial charge on any atom is -0.354 e. The topological polar surface area (TPSA) is 32.3 Å². The highest BCUT2D eigenvalue weighted by Gasteiger charge is 2.33. The van der Waals surface area contributed by atoms with Crippen molar-refractivity contribution in [3.8, 4) is 0 Å². The molecule has 1 aliphatic carbocycles. The van der Waals surface area contributed by atoms with Crippen molar-refractivity contribution in [1.29, 1.82) is 0 Å². The van der Waals surface area contributed by atoms with Crippen LogP contribution in [0.4, 0.5) is 0 Å². The molecular formula is C19H28N2O. The lowest BCUT2D eigenvalue weighted by atomic mass is 9.78. The van der Waals surface area contributed by atoms with Crippen molar-refractivity contribution in [2.24, 2.45) is 5.92 Å². The number of rotatable bonds is 4. The van der Waals surface area contributed by atoms with Crippen LogP contribution in [0.1, 0.15) is 57.1 Å².